The first-order valence-corrected chi connectivity index (χ1v) is 9.44. The van der Waals surface area contributed by atoms with Crippen LogP contribution >= 0.6 is 0 Å². The van der Waals surface area contributed by atoms with Crippen molar-refractivity contribution in [3.63, 3.8) is 0 Å². The van der Waals surface area contributed by atoms with Crippen molar-refractivity contribution in [2.45, 2.75) is 50.6 Å². The highest BCUT2D eigenvalue weighted by Gasteiger charge is 2.57. The maximum atomic E-state index is 11.6. The molecule has 25 heavy (non-hydrogen) atoms. The maximum absolute atomic E-state index is 11.6. The van der Waals surface area contributed by atoms with Gasteiger partial charge in [-0.15, -0.1) is 0 Å². The van der Waals surface area contributed by atoms with Crippen molar-refractivity contribution in [1.82, 2.24) is 14.6 Å². The molecule has 4 unspecified atom stereocenters. The summed E-state index contributed by atoms with van der Waals surface area (Å²) in [6.45, 7) is 3.67. The summed E-state index contributed by atoms with van der Waals surface area (Å²) in [6.07, 6.45) is 3.87. The molecule has 2 saturated carbocycles. The monoisotopic (exact) mass is 338 g/mol. The molecule has 6 heteroatoms. The minimum absolute atomic E-state index is 0.426. The number of anilines is 1. The molecule has 2 aliphatic carbocycles. The Kier molecular flexibility index (Phi) is 2.74. The van der Waals surface area contributed by atoms with Crippen molar-refractivity contribution in [3.8, 4) is 0 Å². The summed E-state index contributed by atoms with van der Waals surface area (Å²) in [6, 6.07) is 5.22. The highest BCUT2D eigenvalue weighted by molar-refractivity contribution is 5.83. The van der Waals surface area contributed by atoms with E-state index in [0.717, 1.165) is 48.9 Å². The van der Waals surface area contributed by atoms with Crippen LogP contribution in [0.25, 0.3) is 5.65 Å². The summed E-state index contributed by atoms with van der Waals surface area (Å²) in [5.74, 6) is 3.11. The Morgan fingerprint density at radius 3 is 2.56 bits per heavy atom. The summed E-state index contributed by atoms with van der Waals surface area (Å²) in [5.41, 5.74) is 3.10. The molecule has 0 amide bonds. The molecule has 0 aromatic carbocycles. The number of carbonyl (C=O) groups excluding carboxylic acids is 1. The van der Waals surface area contributed by atoms with Crippen LogP contribution in [0, 0.1) is 18.8 Å². The standard InChI is InChI=1S/C19H22N4O2/c1-10-4-18(22-11-2-3-12(22)9-25-8-11)23-17(20-10)7-16(21-23)19-14-5-13(24)6-15(14)19/h4,7,11-12,14-15,19H,2-3,5-6,8-9H2,1H3/t11?,12?,14-,15?,19?/m0/s1. The van der Waals surface area contributed by atoms with Gasteiger partial charge in [-0.3, -0.25) is 4.79 Å². The van der Waals surface area contributed by atoms with E-state index in [1.54, 1.807) is 0 Å². The van der Waals surface area contributed by atoms with Crippen LogP contribution in [0.5, 0.6) is 0 Å². The van der Waals surface area contributed by atoms with E-state index in [2.05, 4.69) is 24.0 Å². The van der Waals surface area contributed by atoms with Crippen molar-refractivity contribution in [2.75, 3.05) is 18.1 Å². The van der Waals surface area contributed by atoms with E-state index in [-0.39, 0.29) is 0 Å². The summed E-state index contributed by atoms with van der Waals surface area (Å²) in [4.78, 5) is 18.8. The van der Waals surface area contributed by atoms with Gasteiger partial charge in [-0.1, -0.05) is 0 Å². The van der Waals surface area contributed by atoms with Gasteiger partial charge in [-0.2, -0.15) is 9.61 Å². The zero-order valence-electron chi connectivity index (χ0n) is 14.4. The largest absolute Gasteiger partial charge is 0.377 e. The average Bonchev–Trinajstić information content (AvgIpc) is 2.89. The van der Waals surface area contributed by atoms with Crippen LogP contribution in [0.1, 0.15) is 43.0 Å². The Bertz CT molecular complexity index is 861. The maximum Gasteiger partial charge on any atom is 0.157 e. The molecular formula is C19H22N4O2. The number of carbonyl (C=O) groups is 1. The van der Waals surface area contributed by atoms with Gasteiger partial charge in [0.15, 0.2) is 5.65 Å². The lowest BCUT2D eigenvalue weighted by atomic mass is 10.1. The number of rotatable bonds is 2. The molecule has 5 atom stereocenters. The van der Waals surface area contributed by atoms with E-state index in [1.165, 1.54) is 12.8 Å². The number of fused-ring (bicyclic) bond motifs is 4. The molecule has 0 N–H and O–H groups in total. The topological polar surface area (TPSA) is 59.7 Å². The third-order valence-corrected chi connectivity index (χ3v) is 6.66. The first-order chi connectivity index (χ1) is 12.2. The van der Waals surface area contributed by atoms with Crippen LogP contribution in [0.2, 0.25) is 0 Å². The lowest BCUT2D eigenvalue weighted by molar-refractivity contribution is -0.118. The van der Waals surface area contributed by atoms with Crippen LogP contribution in [0.3, 0.4) is 0 Å². The normalized spacial score (nSPS) is 36.3. The molecule has 2 bridgehead atoms. The predicted molar refractivity (Wildman–Crippen MR) is 91.8 cm³/mol. The third-order valence-electron chi connectivity index (χ3n) is 6.66. The molecule has 130 valence electrons. The molecule has 4 heterocycles. The molecule has 0 radical (unpaired) electrons. The first-order valence-electron chi connectivity index (χ1n) is 9.44. The van der Waals surface area contributed by atoms with Crippen LogP contribution in [0.15, 0.2) is 12.1 Å². The molecule has 2 saturated heterocycles. The second-order valence-electron chi connectivity index (χ2n) is 8.23. The van der Waals surface area contributed by atoms with E-state index in [0.29, 0.717) is 35.6 Å². The van der Waals surface area contributed by atoms with Crippen LogP contribution < -0.4 is 4.90 Å². The summed E-state index contributed by atoms with van der Waals surface area (Å²) in [5, 5.41) is 4.96. The van der Waals surface area contributed by atoms with Crippen LogP contribution in [0.4, 0.5) is 5.82 Å². The number of nitrogens with zero attached hydrogens (tertiary/aromatic N) is 4. The Morgan fingerprint density at radius 2 is 1.84 bits per heavy atom. The van der Waals surface area contributed by atoms with Crippen LogP contribution in [-0.2, 0) is 9.53 Å². The fourth-order valence-electron chi connectivity index (χ4n) is 5.50. The van der Waals surface area contributed by atoms with E-state index in [1.807, 2.05) is 4.52 Å². The fraction of sp³-hybridized carbons (Fsp3) is 0.632. The van der Waals surface area contributed by atoms with E-state index < -0.39 is 0 Å². The number of hydrogen-bond donors (Lipinski definition) is 0. The highest BCUT2D eigenvalue weighted by Crippen LogP contribution is 2.61. The highest BCUT2D eigenvalue weighted by atomic mass is 16.5. The smallest absolute Gasteiger partial charge is 0.157 e. The van der Waals surface area contributed by atoms with Gasteiger partial charge < -0.3 is 9.64 Å². The number of aromatic nitrogens is 3. The molecule has 2 aromatic rings. The molecule has 4 fully saturated rings. The average molecular weight is 338 g/mol. The van der Waals surface area contributed by atoms with E-state index >= 15 is 0 Å². The fourth-order valence-corrected chi connectivity index (χ4v) is 5.50. The zero-order chi connectivity index (χ0) is 16.7. The quantitative estimate of drug-likeness (QED) is 0.839. The van der Waals surface area contributed by atoms with Crippen molar-refractivity contribution in [1.29, 1.82) is 0 Å². The van der Waals surface area contributed by atoms with Crippen molar-refractivity contribution in [2.24, 2.45) is 11.8 Å². The van der Waals surface area contributed by atoms with Crippen molar-refractivity contribution in [3.05, 3.63) is 23.5 Å². The molecule has 2 aliphatic heterocycles. The molecule has 6 rings (SSSR count). The number of Topliss-reactive ketones (excluding diaryl/α,β-unsaturated/α-hetero) is 1. The van der Waals surface area contributed by atoms with Gasteiger partial charge in [0.2, 0.25) is 0 Å². The Hall–Kier alpha value is -1.95. The van der Waals surface area contributed by atoms with Gasteiger partial charge in [0.25, 0.3) is 0 Å². The SMILES string of the molecule is Cc1cc(N2C3CCC2COC3)n2nc(C3C4CC(=O)C[C@@H]43)cc2n1. The summed E-state index contributed by atoms with van der Waals surface area (Å²) in [7, 11) is 0. The summed E-state index contributed by atoms with van der Waals surface area (Å²) >= 11 is 0. The van der Waals surface area contributed by atoms with Gasteiger partial charge in [0.05, 0.1) is 31.0 Å². The van der Waals surface area contributed by atoms with E-state index in [4.69, 9.17) is 14.8 Å². The van der Waals surface area contributed by atoms with Gasteiger partial charge >= 0.3 is 0 Å². The van der Waals surface area contributed by atoms with Gasteiger partial charge in [-0.05, 0) is 31.6 Å². The van der Waals surface area contributed by atoms with E-state index in [9.17, 15) is 4.79 Å². The predicted octanol–water partition coefficient (Wildman–Crippen LogP) is 2.10. The minimum Gasteiger partial charge on any atom is -0.377 e. The lowest BCUT2D eigenvalue weighted by Gasteiger charge is -2.36. The number of ketones is 1. The molecule has 6 nitrogen and oxygen atoms in total. The lowest BCUT2D eigenvalue weighted by Crippen LogP contribution is -2.46. The van der Waals surface area contributed by atoms with Gasteiger partial charge in [0.1, 0.15) is 11.6 Å². The zero-order valence-corrected chi connectivity index (χ0v) is 14.4. The number of hydrogen-bond acceptors (Lipinski definition) is 5. The Morgan fingerprint density at radius 1 is 1.12 bits per heavy atom. The third kappa shape index (κ3) is 1.97. The van der Waals surface area contributed by atoms with Crippen LogP contribution in [-0.4, -0.2) is 45.7 Å². The molecular weight excluding hydrogens is 316 g/mol. The first kappa shape index (κ1) is 14.2. The van der Waals surface area contributed by atoms with Crippen molar-refractivity contribution >= 4 is 17.2 Å². The Labute approximate surface area is 146 Å². The second kappa shape index (κ2) is 4.81. The number of aryl methyl sites for hydroxylation is 1. The second-order valence-corrected chi connectivity index (χ2v) is 8.23. The molecule has 0 spiro atoms. The molecule has 4 aliphatic rings. The van der Waals surface area contributed by atoms with Gasteiger partial charge in [0, 0.05) is 36.6 Å². The van der Waals surface area contributed by atoms with Gasteiger partial charge in [-0.25, -0.2) is 4.98 Å². The molecule has 2 aromatic heterocycles. The van der Waals surface area contributed by atoms with Crippen molar-refractivity contribution < 1.29 is 9.53 Å². The number of morpholine rings is 1. The summed E-state index contributed by atoms with van der Waals surface area (Å²) < 4.78 is 7.78. The number of ether oxygens (including phenoxy) is 1. The minimum atomic E-state index is 0.426. The Balaban J connectivity index is 1.43.